The van der Waals surface area contributed by atoms with E-state index in [1.54, 1.807) is 18.7 Å². The molecular formula is C16H28N2O4. The van der Waals surface area contributed by atoms with Crippen LogP contribution in [0.25, 0.3) is 0 Å². The molecule has 0 saturated carbocycles. The highest BCUT2D eigenvalue weighted by molar-refractivity contribution is 6.04. The number of hydrogen-bond acceptors (Lipinski definition) is 4. The summed E-state index contributed by atoms with van der Waals surface area (Å²) in [5.41, 5.74) is -1.04. The third-order valence-corrected chi connectivity index (χ3v) is 4.40. The Morgan fingerprint density at radius 3 is 2.23 bits per heavy atom. The van der Waals surface area contributed by atoms with Crippen molar-refractivity contribution in [2.45, 2.75) is 46.3 Å². The van der Waals surface area contributed by atoms with Gasteiger partial charge < -0.3 is 19.7 Å². The molecule has 2 aliphatic heterocycles. The van der Waals surface area contributed by atoms with Gasteiger partial charge in [0.15, 0.2) is 5.79 Å². The number of piperidine rings is 1. The standard InChI is InChI=1S/C16H28N2O4/c1-12(2)11-17-13(19)15(3,4)14(20)18-7-5-16(6-8-18)21-9-10-22-16/h12H,5-11H2,1-4H3,(H,17,19). The number of carbonyl (C=O) groups is 2. The lowest BCUT2D eigenvalue weighted by atomic mass is 9.88. The molecule has 0 radical (unpaired) electrons. The first-order valence-corrected chi connectivity index (χ1v) is 8.12. The molecule has 22 heavy (non-hydrogen) atoms. The van der Waals surface area contributed by atoms with E-state index in [0.717, 1.165) is 0 Å². The molecule has 0 bridgehead atoms. The van der Waals surface area contributed by atoms with Crippen LogP contribution in [0.4, 0.5) is 0 Å². The molecule has 0 aromatic heterocycles. The van der Waals surface area contributed by atoms with E-state index in [1.165, 1.54) is 0 Å². The SMILES string of the molecule is CC(C)CNC(=O)C(C)(C)C(=O)N1CCC2(CC1)OCCO2. The summed E-state index contributed by atoms with van der Waals surface area (Å²) in [6.07, 6.45) is 1.34. The first kappa shape index (κ1) is 17.2. The van der Waals surface area contributed by atoms with Crippen LogP contribution in [-0.2, 0) is 19.1 Å². The van der Waals surface area contributed by atoms with E-state index in [2.05, 4.69) is 5.32 Å². The van der Waals surface area contributed by atoms with E-state index in [4.69, 9.17) is 9.47 Å². The van der Waals surface area contributed by atoms with Crippen molar-refractivity contribution in [3.63, 3.8) is 0 Å². The van der Waals surface area contributed by atoms with Crippen molar-refractivity contribution >= 4 is 11.8 Å². The van der Waals surface area contributed by atoms with Crippen LogP contribution in [0.3, 0.4) is 0 Å². The van der Waals surface area contributed by atoms with Gasteiger partial charge in [-0.15, -0.1) is 0 Å². The maximum Gasteiger partial charge on any atom is 0.237 e. The number of hydrogen-bond donors (Lipinski definition) is 1. The molecule has 2 fully saturated rings. The van der Waals surface area contributed by atoms with E-state index >= 15 is 0 Å². The van der Waals surface area contributed by atoms with Gasteiger partial charge in [-0.1, -0.05) is 13.8 Å². The first-order chi connectivity index (χ1) is 10.3. The lowest BCUT2D eigenvalue weighted by Crippen LogP contribution is -2.54. The minimum Gasteiger partial charge on any atom is -0.355 e. The maximum absolute atomic E-state index is 12.7. The van der Waals surface area contributed by atoms with Crippen LogP contribution in [0.15, 0.2) is 0 Å². The van der Waals surface area contributed by atoms with Crippen LogP contribution in [0.2, 0.25) is 0 Å². The second kappa shape index (κ2) is 6.54. The monoisotopic (exact) mass is 312 g/mol. The highest BCUT2D eigenvalue weighted by atomic mass is 16.7. The average molecular weight is 312 g/mol. The fraction of sp³-hybridized carbons (Fsp3) is 0.875. The number of likely N-dealkylation sites (tertiary alicyclic amines) is 1. The van der Waals surface area contributed by atoms with Gasteiger partial charge in [-0.2, -0.15) is 0 Å². The van der Waals surface area contributed by atoms with Gasteiger partial charge in [0.05, 0.1) is 13.2 Å². The zero-order chi connectivity index (χ0) is 16.4. The fourth-order valence-electron chi connectivity index (χ4n) is 2.85. The molecule has 2 amide bonds. The van der Waals surface area contributed by atoms with Gasteiger partial charge in [0, 0.05) is 32.5 Å². The van der Waals surface area contributed by atoms with Crippen LogP contribution in [0.1, 0.15) is 40.5 Å². The van der Waals surface area contributed by atoms with Crippen molar-refractivity contribution in [2.75, 3.05) is 32.8 Å². The molecule has 2 rings (SSSR count). The molecule has 126 valence electrons. The van der Waals surface area contributed by atoms with Crippen molar-refractivity contribution in [1.29, 1.82) is 0 Å². The molecule has 0 aromatic carbocycles. The molecule has 2 heterocycles. The number of ether oxygens (including phenoxy) is 2. The van der Waals surface area contributed by atoms with Crippen molar-refractivity contribution < 1.29 is 19.1 Å². The summed E-state index contributed by atoms with van der Waals surface area (Å²) in [5.74, 6) is -0.469. The Balaban J connectivity index is 1.91. The highest BCUT2D eigenvalue weighted by Crippen LogP contribution is 2.33. The third-order valence-electron chi connectivity index (χ3n) is 4.40. The summed E-state index contributed by atoms with van der Waals surface area (Å²) in [6.45, 7) is 10.4. The maximum atomic E-state index is 12.7. The fourth-order valence-corrected chi connectivity index (χ4v) is 2.85. The summed E-state index contributed by atoms with van der Waals surface area (Å²) >= 11 is 0. The summed E-state index contributed by atoms with van der Waals surface area (Å²) in [4.78, 5) is 26.7. The summed E-state index contributed by atoms with van der Waals surface area (Å²) in [5, 5.41) is 2.86. The molecule has 2 aliphatic rings. The quantitative estimate of drug-likeness (QED) is 0.791. The van der Waals surface area contributed by atoms with Crippen LogP contribution < -0.4 is 5.32 Å². The van der Waals surface area contributed by atoms with Crippen molar-refractivity contribution in [2.24, 2.45) is 11.3 Å². The third kappa shape index (κ3) is 3.60. The number of rotatable bonds is 4. The first-order valence-electron chi connectivity index (χ1n) is 8.12. The number of carbonyl (C=O) groups excluding carboxylic acids is 2. The Hall–Kier alpha value is -1.14. The molecule has 6 nitrogen and oxygen atoms in total. The largest absolute Gasteiger partial charge is 0.355 e. The Labute approximate surface area is 132 Å². The van der Waals surface area contributed by atoms with Crippen molar-refractivity contribution in [3.8, 4) is 0 Å². The molecule has 0 aliphatic carbocycles. The van der Waals surface area contributed by atoms with Gasteiger partial charge in [-0.05, 0) is 19.8 Å². The molecular weight excluding hydrogens is 284 g/mol. The van der Waals surface area contributed by atoms with Gasteiger partial charge in [0.25, 0.3) is 0 Å². The second-order valence-electron chi connectivity index (χ2n) is 7.13. The topological polar surface area (TPSA) is 67.9 Å². The Kier molecular flexibility index (Phi) is 5.12. The van der Waals surface area contributed by atoms with Gasteiger partial charge in [0.2, 0.25) is 11.8 Å². The van der Waals surface area contributed by atoms with E-state index in [1.807, 2.05) is 13.8 Å². The lowest BCUT2D eigenvalue weighted by Gasteiger charge is -2.40. The van der Waals surface area contributed by atoms with Gasteiger partial charge in [0.1, 0.15) is 5.41 Å². The van der Waals surface area contributed by atoms with Crippen LogP contribution >= 0.6 is 0 Å². The zero-order valence-electron chi connectivity index (χ0n) is 14.1. The smallest absolute Gasteiger partial charge is 0.237 e. The average Bonchev–Trinajstić information content (AvgIpc) is 2.93. The molecule has 6 heteroatoms. The van der Waals surface area contributed by atoms with Gasteiger partial charge in [-0.25, -0.2) is 0 Å². The van der Waals surface area contributed by atoms with Gasteiger partial charge >= 0.3 is 0 Å². The van der Waals surface area contributed by atoms with Crippen LogP contribution in [-0.4, -0.2) is 55.3 Å². The number of nitrogens with zero attached hydrogens (tertiary/aromatic N) is 1. The molecule has 0 atom stereocenters. The van der Waals surface area contributed by atoms with Gasteiger partial charge in [-0.3, -0.25) is 9.59 Å². The van der Waals surface area contributed by atoms with Crippen molar-refractivity contribution in [3.05, 3.63) is 0 Å². The Morgan fingerprint density at radius 1 is 1.18 bits per heavy atom. The minimum absolute atomic E-state index is 0.124. The predicted molar refractivity (Wildman–Crippen MR) is 82.1 cm³/mol. The number of amides is 2. The Morgan fingerprint density at radius 2 is 1.73 bits per heavy atom. The zero-order valence-corrected chi connectivity index (χ0v) is 14.1. The number of nitrogens with one attached hydrogen (secondary N) is 1. The predicted octanol–water partition coefficient (Wildman–Crippen LogP) is 1.15. The highest BCUT2D eigenvalue weighted by Gasteiger charge is 2.45. The minimum atomic E-state index is -1.04. The van der Waals surface area contributed by atoms with Crippen LogP contribution in [0.5, 0.6) is 0 Å². The van der Waals surface area contributed by atoms with E-state index in [9.17, 15) is 9.59 Å². The second-order valence-corrected chi connectivity index (χ2v) is 7.13. The van der Waals surface area contributed by atoms with E-state index in [0.29, 0.717) is 51.6 Å². The lowest BCUT2D eigenvalue weighted by molar-refractivity contribution is -0.189. The van der Waals surface area contributed by atoms with E-state index in [-0.39, 0.29) is 11.8 Å². The van der Waals surface area contributed by atoms with Crippen molar-refractivity contribution in [1.82, 2.24) is 10.2 Å². The molecule has 2 saturated heterocycles. The molecule has 0 unspecified atom stereocenters. The normalized spacial score (nSPS) is 21.4. The molecule has 1 spiro atoms. The van der Waals surface area contributed by atoms with Crippen LogP contribution in [0, 0.1) is 11.3 Å². The van der Waals surface area contributed by atoms with E-state index < -0.39 is 11.2 Å². The Bertz CT molecular complexity index is 418. The summed E-state index contributed by atoms with van der Waals surface area (Å²) < 4.78 is 11.3. The molecule has 1 N–H and O–H groups in total. The summed E-state index contributed by atoms with van der Waals surface area (Å²) in [7, 11) is 0. The summed E-state index contributed by atoms with van der Waals surface area (Å²) in [6, 6.07) is 0. The molecule has 0 aromatic rings.